The quantitative estimate of drug-likeness (QED) is 0.807. The van der Waals surface area contributed by atoms with E-state index in [2.05, 4.69) is 27.9 Å². The smallest absolute Gasteiger partial charge is 0.195 e. The lowest BCUT2D eigenvalue weighted by molar-refractivity contribution is 0.604. The second kappa shape index (κ2) is 4.70. The van der Waals surface area contributed by atoms with Crippen LogP contribution in [0, 0.1) is 4.77 Å². The maximum Gasteiger partial charge on any atom is 0.195 e. The molecule has 0 aliphatic heterocycles. The van der Waals surface area contributed by atoms with Crippen molar-refractivity contribution < 1.29 is 0 Å². The average Bonchev–Trinajstić information content (AvgIpc) is 3.01. The van der Waals surface area contributed by atoms with Crippen molar-refractivity contribution in [3.63, 3.8) is 0 Å². The van der Waals surface area contributed by atoms with E-state index in [1.807, 2.05) is 11.8 Å². The lowest BCUT2D eigenvalue weighted by Gasteiger charge is -2.09. The van der Waals surface area contributed by atoms with Crippen LogP contribution in [0.5, 0.6) is 0 Å². The number of hydrogen-bond acceptors (Lipinski definition) is 3. The van der Waals surface area contributed by atoms with Crippen LogP contribution < -0.4 is 0 Å². The van der Waals surface area contributed by atoms with Crippen LogP contribution >= 0.6 is 24.0 Å². The van der Waals surface area contributed by atoms with E-state index in [1.54, 1.807) is 0 Å². The molecule has 1 aliphatic carbocycles. The highest BCUT2D eigenvalue weighted by molar-refractivity contribution is 7.99. The van der Waals surface area contributed by atoms with Crippen molar-refractivity contribution in [2.24, 2.45) is 0 Å². The van der Waals surface area contributed by atoms with Crippen LogP contribution in [-0.2, 0) is 6.54 Å². The summed E-state index contributed by atoms with van der Waals surface area (Å²) >= 11 is 7.15. The van der Waals surface area contributed by atoms with Gasteiger partial charge in [-0.1, -0.05) is 6.92 Å². The molecule has 0 saturated heterocycles. The summed E-state index contributed by atoms with van der Waals surface area (Å²) in [5.74, 6) is 1.84. The summed E-state index contributed by atoms with van der Waals surface area (Å²) in [5, 5.41) is 7.92. The number of aromatic nitrogens is 3. The minimum Gasteiger partial charge on any atom is -0.304 e. The van der Waals surface area contributed by atoms with Gasteiger partial charge in [0.25, 0.3) is 0 Å². The molecule has 1 heterocycles. The normalized spacial score (nSPS) is 18.0. The molecule has 1 atom stereocenters. The van der Waals surface area contributed by atoms with Crippen LogP contribution in [0.4, 0.5) is 0 Å². The number of rotatable bonds is 5. The van der Waals surface area contributed by atoms with Crippen LogP contribution in [0.3, 0.4) is 0 Å². The molecule has 1 aromatic heterocycles. The number of H-pyrrole nitrogens is 1. The fourth-order valence-electron chi connectivity index (χ4n) is 1.63. The molecule has 5 heteroatoms. The van der Waals surface area contributed by atoms with Gasteiger partial charge in [0.1, 0.15) is 5.82 Å². The van der Waals surface area contributed by atoms with Gasteiger partial charge in [0.2, 0.25) is 0 Å². The van der Waals surface area contributed by atoms with Gasteiger partial charge >= 0.3 is 0 Å². The van der Waals surface area contributed by atoms with Gasteiger partial charge < -0.3 is 4.57 Å². The van der Waals surface area contributed by atoms with Crippen LogP contribution in [0.2, 0.25) is 0 Å². The number of nitrogens with one attached hydrogen (secondary N) is 1. The SMILES string of the molecule is CSC(C)CCn1c(C2CC2)n[nH]c1=S. The molecule has 1 unspecified atom stereocenters. The molecule has 15 heavy (non-hydrogen) atoms. The Hall–Kier alpha value is -0.290. The highest BCUT2D eigenvalue weighted by Gasteiger charge is 2.28. The number of thioether (sulfide) groups is 1. The zero-order valence-electron chi connectivity index (χ0n) is 9.19. The van der Waals surface area contributed by atoms with E-state index < -0.39 is 0 Å². The van der Waals surface area contributed by atoms with E-state index in [0.717, 1.165) is 17.7 Å². The molecule has 84 valence electrons. The average molecular weight is 243 g/mol. The molecule has 1 saturated carbocycles. The Morgan fingerprint density at radius 1 is 1.67 bits per heavy atom. The summed E-state index contributed by atoms with van der Waals surface area (Å²) in [6.07, 6.45) is 5.87. The third-order valence-electron chi connectivity index (χ3n) is 2.89. The maximum absolute atomic E-state index is 5.25. The van der Waals surface area contributed by atoms with Gasteiger partial charge in [0.15, 0.2) is 4.77 Å². The molecule has 2 rings (SSSR count). The zero-order valence-corrected chi connectivity index (χ0v) is 10.8. The van der Waals surface area contributed by atoms with Crippen molar-refractivity contribution in [3.05, 3.63) is 10.6 Å². The molecule has 1 fully saturated rings. The Morgan fingerprint density at radius 2 is 2.40 bits per heavy atom. The van der Waals surface area contributed by atoms with E-state index in [-0.39, 0.29) is 0 Å². The van der Waals surface area contributed by atoms with E-state index in [0.29, 0.717) is 11.2 Å². The molecule has 3 nitrogen and oxygen atoms in total. The third kappa shape index (κ3) is 2.64. The van der Waals surface area contributed by atoms with E-state index >= 15 is 0 Å². The lowest BCUT2D eigenvalue weighted by Crippen LogP contribution is -2.07. The fraction of sp³-hybridized carbons (Fsp3) is 0.800. The lowest BCUT2D eigenvalue weighted by atomic mass is 10.3. The molecule has 0 aromatic carbocycles. The summed E-state index contributed by atoms with van der Waals surface area (Å²) < 4.78 is 2.96. The van der Waals surface area contributed by atoms with Crippen molar-refractivity contribution in [2.75, 3.05) is 6.26 Å². The molecule has 1 aromatic rings. The molecule has 0 radical (unpaired) electrons. The van der Waals surface area contributed by atoms with Crippen LogP contribution in [0.25, 0.3) is 0 Å². The highest BCUT2D eigenvalue weighted by atomic mass is 32.2. The molecule has 0 amide bonds. The second-order valence-corrected chi connectivity index (χ2v) is 5.81. The Bertz CT molecular complexity index is 378. The molecular formula is C10H17N3S2. The first kappa shape index (κ1) is 11.2. The van der Waals surface area contributed by atoms with Crippen molar-refractivity contribution in [1.82, 2.24) is 14.8 Å². The van der Waals surface area contributed by atoms with Crippen molar-refractivity contribution in [1.29, 1.82) is 0 Å². The summed E-state index contributed by atoms with van der Waals surface area (Å²) in [6.45, 7) is 3.26. The molecular weight excluding hydrogens is 226 g/mol. The molecule has 1 N–H and O–H groups in total. The Balaban J connectivity index is 2.05. The van der Waals surface area contributed by atoms with Crippen LogP contribution in [-0.4, -0.2) is 26.3 Å². The van der Waals surface area contributed by atoms with E-state index in [4.69, 9.17) is 12.2 Å². The predicted molar refractivity (Wildman–Crippen MR) is 67.0 cm³/mol. The first-order valence-electron chi connectivity index (χ1n) is 5.40. The Labute approximate surface area is 99.7 Å². The Kier molecular flexibility index (Phi) is 3.51. The summed E-state index contributed by atoms with van der Waals surface area (Å²) in [7, 11) is 0. The maximum atomic E-state index is 5.25. The monoisotopic (exact) mass is 243 g/mol. The molecule has 0 spiro atoms. The zero-order chi connectivity index (χ0) is 10.8. The van der Waals surface area contributed by atoms with E-state index in [9.17, 15) is 0 Å². The summed E-state index contributed by atoms with van der Waals surface area (Å²) in [5.41, 5.74) is 0. The minimum atomic E-state index is 0.669. The van der Waals surface area contributed by atoms with Crippen molar-refractivity contribution in [2.45, 2.75) is 43.9 Å². The Morgan fingerprint density at radius 3 is 3.00 bits per heavy atom. The predicted octanol–water partition coefficient (Wildman–Crippen LogP) is 2.96. The van der Waals surface area contributed by atoms with Gasteiger partial charge in [0, 0.05) is 17.7 Å². The highest BCUT2D eigenvalue weighted by Crippen LogP contribution is 2.38. The standard InChI is InChI=1S/C10H17N3S2/c1-7(15-2)5-6-13-9(8-3-4-8)11-12-10(13)14/h7-8H,3-6H2,1-2H3,(H,12,14). The topological polar surface area (TPSA) is 33.6 Å². The van der Waals surface area contributed by atoms with Crippen LogP contribution in [0.1, 0.15) is 37.9 Å². The van der Waals surface area contributed by atoms with Gasteiger partial charge in [-0.2, -0.15) is 16.9 Å². The van der Waals surface area contributed by atoms with Crippen molar-refractivity contribution in [3.8, 4) is 0 Å². The third-order valence-corrected chi connectivity index (χ3v) is 4.24. The summed E-state index contributed by atoms with van der Waals surface area (Å²) in [6, 6.07) is 0. The molecule has 0 bridgehead atoms. The minimum absolute atomic E-state index is 0.669. The summed E-state index contributed by atoms with van der Waals surface area (Å²) in [4.78, 5) is 0. The number of nitrogens with zero attached hydrogens (tertiary/aromatic N) is 2. The van der Waals surface area contributed by atoms with Gasteiger partial charge in [-0.3, -0.25) is 5.10 Å². The first-order chi connectivity index (χ1) is 7.22. The fourth-order valence-corrected chi connectivity index (χ4v) is 2.20. The van der Waals surface area contributed by atoms with Gasteiger partial charge in [-0.15, -0.1) is 0 Å². The largest absolute Gasteiger partial charge is 0.304 e. The first-order valence-corrected chi connectivity index (χ1v) is 7.10. The van der Waals surface area contributed by atoms with Crippen molar-refractivity contribution >= 4 is 24.0 Å². The van der Waals surface area contributed by atoms with Gasteiger partial charge in [0.05, 0.1) is 0 Å². The van der Waals surface area contributed by atoms with Gasteiger partial charge in [-0.05, 0) is 37.7 Å². The number of hydrogen-bond donors (Lipinski definition) is 1. The van der Waals surface area contributed by atoms with E-state index in [1.165, 1.54) is 18.7 Å². The van der Waals surface area contributed by atoms with Gasteiger partial charge in [-0.25, -0.2) is 0 Å². The second-order valence-electron chi connectivity index (χ2n) is 4.15. The van der Waals surface area contributed by atoms with Crippen LogP contribution in [0.15, 0.2) is 0 Å². The number of aromatic amines is 1. The molecule has 1 aliphatic rings.